The number of carboxylic acids is 1. The van der Waals surface area contributed by atoms with Crippen LogP contribution in [0.4, 0.5) is 0 Å². The van der Waals surface area contributed by atoms with Gasteiger partial charge in [-0.05, 0) is 92.3 Å². The molecule has 3 rings (SSSR count). The summed E-state index contributed by atoms with van der Waals surface area (Å²) < 4.78 is 6.07. The predicted molar refractivity (Wildman–Crippen MR) is 143 cm³/mol. The van der Waals surface area contributed by atoms with Gasteiger partial charge in [0.1, 0.15) is 5.60 Å². The highest BCUT2D eigenvalue weighted by Crippen LogP contribution is 2.41. The van der Waals surface area contributed by atoms with Gasteiger partial charge in [0.25, 0.3) is 0 Å². The first-order valence-corrected chi connectivity index (χ1v) is 12.2. The van der Waals surface area contributed by atoms with Crippen molar-refractivity contribution in [2.75, 3.05) is 0 Å². The molecule has 35 heavy (non-hydrogen) atoms. The molecule has 0 saturated heterocycles. The van der Waals surface area contributed by atoms with E-state index in [1.165, 1.54) is 0 Å². The summed E-state index contributed by atoms with van der Waals surface area (Å²) in [5.74, 6) is 5.08. The molecule has 0 saturated carbocycles. The maximum atomic E-state index is 12.5. The third kappa shape index (κ3) is 6.24. The molecule has 0 fully saturated rings. The van der Waals surface area contributed by atoms with E-state index in [-0.39, 0.29) is 0 Å². The van der Waals surface area contributed by atoms with Gasteiger partial charge in [0.2, 0.25) is 0 Å². The first kappa shape index (κ1) is 26.8. The van der Waals surface area contributed by atoms with Gasteiger partial charge < -0.3 is 14.9 Å². The smallest absolute Gasteiger partial charge is 0.337 e. The molecule has 5 heteroatoms. The van der Waals surface area contributed by atoms with Crippen molar-refractivity contribution in [2.24, 2.45) is 0 Å². The summed E-state index contributed by atoms with van der Waals surface area (Å²) in [7, 11) is 0. The number of benzene rings is 3. The van der Waals surface area contributed by atoms with Crippen LogP contribution in [0.3, 0.4) is 0 Å². The molecule has 1 unspecified atom stereocenters. The molecule has 0 heterocycles. The minimum Gasteiger partial charge on any atom is -0.479 e. The summed E-state index contributed by atoms with van der Waals surface area (Å²) in [6, 6.07) is 15.2. The molecule has 0 aromatic heterocycles. The molecule has 4 nitrogen and oxygen atoms in total. The van der Waals surface area contributed by atoms with Crippen molar-refractivity contribution in [3.63, 3.8) is 0 Å². The van der Waals surface area contributed by atoms with Crippen LogP contribution in [0.1, 0.15) is 70.3 Å². The summed E-state index contributed by atoms with van der Waals surface area (Å²) in [4.78, 5) is 12.5. The number of ether oxygens (including phenoxy) is 1. The van der Waals surface area contributed by atoms with Crippen LogP contribution in [0.15, 0.2) is 48.5 Å². The first-order chi connectivity index (χ1) is 16.4. The standard InChI is InChI=1S/C30H33ClO4/c1-7-30(34,8-2)16-15-20-9-10-22-17-19(3)25(27(28(32)33)35-29(4,5)6)26(24(22)18-20)21-11-13-23(31)14-12-21/h9-14,17-18,27,34H,7-8H2,1-6H3,(H,32,33). The Morgan fingerprint density at radius 1 is 1.06 bits per heavy atom. The summed E-state index contributed by atoms with van der Waals surface area (Å²) >= 11 is 6.16. The van der Waals surface area contributed by atoms with Gasteiger partial charge in [0, 0.05) is 16.1 Å². The first-order valence-electron chi connectivity index (χ1n) is 11.9. The van der Waals surface area contributed by atoms with Gasteiger partial charge in [-0.25, -0.2) is 4.79 Å². The molecule has 0 aliphatic rings. The summed E-state index contributed by atoms with van der Waals surface area (Å²) in [6.45, 7) is 11.3. The number of fused-ring (bicyclic) bond motifs is 1. The fourth-order valence-corrected chi connectivity index (χ4v) is 4.22. The highest BCUT2D eigenvalue weighted by molar-refractivity contribution is 6.30. The van der Waals surface area contributed by atoms with Crippen molar-refractivity contribution in [3.8, 4) is 23.0 Å². The lowest BCUT2D eigenvalue weighted by Crippen LogP contribution is -2.28. The second kappa shape index (κ2) is 10.4. The van der Waals surface area contributed by atoms with Crippen molar-refractivity contribution in [1.82, 2.24) is 0 Å². The highest BCUT2D eigenvalue weighted by atomic mass is 35.5. The Labute approximate surface area is 212 Å². The largest absolute Gasteiger partial charge is 0.479 e. The highest BCUT2D eigenvalue weighted by Gasteiger charge is 2.31. The molecule has 0 aliphatic carbocycles. The van der Waals surface area contributed by atoms with E-state index >= 15 is 0 Å². The van der Waals surface area contributed by atoms with E-state index in [1.54, 1.807) is 12.1 Å². The van der Waals surface area contributed by atoms with Gasteiger partial charge in [0.15, 0.2) is 6.10 Å². The van der Waals surface area contributed by atoms with Gasteiger partial charge >= 0.3 is 5.97 Å². The Morgan fingerprint density at radius 2 is 1.69 bits per heavy atom. The Bertz CT molecular complexity index is 1290. The van der Waals surface area contributed by atoms with Gasteiger partial charge in [-0.2, -0.15) is 0 Å². The molecule has 3 aromatic carbocycles. The number of aliphatic hydroxyl groups is 1. The molecule has 3 aromatic rings. The monoisotopic (exact) mass is 492 g/mol. The van der Waals surface area contributed by atoms with Crippen LogP contribution in [0, 0.1) is 18.8 Å². The van der Waals surface area contributed by atoms with Gasteiger partial charge in [-0.15, -0.1) is 0 Å². The predicted octanol–water partition coefficient (Wildman–Crippen LogP) is 7.31. The van der Waals surface area contributed by atoms with Gasteiger partial charge in [0.05, 0.1) is 5.60 Å². The lowest BCUT2D eigenvalue weighted by atomic mass is 9.86. The molecule has 184 valence electrons. The van der Waals surface area contributed by atoms with Crippen LogP contribution >= 0.6 is 11.6 Å². The normalized spacial score (nSPS) is 12.8. The number of hydrogen-bond acceptors (Lipinski definition) is 3. The SMILES string of the molecule is CCC(O)(C#Cc1ccc2cc(C)c(C(OC(C)(C)C)C(=O)O)c(-c3ccc(Cl)cc3)c2c1)CC. The van der Waals surface area contributed by atoms with Crippen molar-refractivity contribution < 1.29 is 19.7 Å². The fraction of sp³-hybridized carbons (Fsp3) is 0.367. The molecular weight excluding hydrogens is 460 g/mol. The van der Waals surface area contributed by atoms with Crippen LogP contribution in [-0.2, 0) is 9.53 Å². The van der Waals surface area contributed by atoms with Crippen LogP contribution in [0.25, 0.3) is 21.9 Å². The number of aryl methyl sites for hydroxylation is 1. The van der Waals surface area contributed by atoms with E-state index < -0.39 is 23.3 Å². The van der Waals surface area contributed by atoms with E-state index in [0.29, 0.717) is 23.4 Å². The minimum absolute atomic E-state index is 0.536. The van der Waals surface area contributed by atoms with Crippen LogP contribution < -0.4 is 0 Å². The van der Waals surface area contributed by atoms with Gasteiger partial charge in [-0.3, -0.25) is 0 Å². The van der Waals surface area contributed by atoms with Crippen LogP contribution in [-0.4, -0.2) is 27.4 Å². The van der Waals surface area contributed by atoms with Crippen molar-refractivity contribution in [2.45, 2.75) is 71.7 Å². The van der Waals surface area contributed by atoms with E-state index in [2.05, 4.69) is 11.8 Å². The topological polar surface area (TPSA) is 66.8 Å². The van der Waals surface area contributed by atoms with Crippen molar-refractivity contribution >= 4 is 28.3 Å². The maximum Gasteiger partial charge on any atom is 0.337 e. The maximum absolute atomic E-state index is 12.5. The Kier molecular flexibility index (Phi) is 7.97. The third-order valence-electron chi connectivity index (χ3n) is 6.09. The number of carboxylic acid groups (broad SMARTS) is 1. The average molecular weight is 493 g/mol. The lowest BCUT2D eigenvalue weighted by molar-refractivity contribution is -0.160. The third-order valence-corrected chi connectivity index (χ3v) is 6.34. The summed E-state index contributed by atoms with van der Waals surface area (Å²) in [5.41, 5.74) is 2.08. The number of aliphatic carboxylic acids is 1. The van der Waals surface area contributed by atoms with E-state index in [0.717, 1.165) is 33.0 Å². The molecule has 0 amide bonds. The minimum atomic E-state index is -1.16. The van der Waals surface area contributed by atoms with Crippen LogP contribution in [0.5, 0.6) is 0 Å². The lowest BCUT2D eigenvalue weighted by Gasteiger charge is -2.28. The quantitative estimate of drug-likeness (QED) is 0.354. The fourth-order valence-electron chi connectivity index (χ4n) is 4.10. The Hall–Kier alpha value is -2.84. The van der Waals surface area contributed by atoms with Crippen molar-refractivity contribution in [1.29, 1.82) is 0 Å². The van der Waals surface area contributed by atoms with E-state index in [9.17, 15) is 15.0 Å². The zero-order chi connectivity index (χ0) is 26.0. The molecule has 1 atom stereocenters. The molecule has 2 N–H and O–H groups in total. The summed E-state index contributed by atoms with van der Waals surface area (Å²) in [6.07, 6.45) is -0.0908. The Morgan fingerprint density at radius 3 is 2.23 bits per heavy atom. The molecule has 0 radical (unpaired) electrons. The second-order valence-corrected chi connectivity index (χ2v) is 10.3. The zero-order valence-electron chi connectivity index (χ0n) is 21.2. The van der Waals surface area contributed by atoms with E-state index in [4.69, 9.17) is 16.3 Å². The second-order valence-electron chi connectivity index (χ2n) is 9.86. The molecule has 0 spiro atoms. The Balaban J connectivity index is 2.37. The number of halogens is 1. The number of hydrogen-bond donors (Lipinski definition) is 2. The van der Waals surface area contributed by atoms with Gasteiger partial charge in [-0.1, -0.05) is 61.6 Å². The van der Waals surface area contributed by atoms with Crippen LogP contribution in [0.2, 0.25) is 5.02 Å². The van der Waals surface area contributed by atoms with E-state index in [1.807, 2.05) is 77.9 Å². The number of carbonyl (C=O) groups is 1. The molecule has 0 aliphatic heterocycles. The average Bonchev–Trinajstić information content (AvgIpc) is 2.80. The molecular formula is C30H33ClO4. The zero-order valence-corrected chi connectivity index (χ0v) is 22.0. The van der Waals surface area contributed by atoms with Crippen molar-refractivity contribution in [3.05, 3.63) is 70.2 Å². The number of rotatable bonds is 6. The molecule has 0 bridgehead atoms. The summed E-state index contributed by atoms with van der Waals surface area (Å²) in [5, 5.41) is 23.2.